The summed E-state index contributed by atoms with van der Waals surface area (Å²) in [5.41, 5.74) is 0.201. The predicted octanol–water partition coefficient (Wildman–Crippen LogP) is 4.50. The van der Waals surface area contributed by atoms with Crippen molar-refractivity contribution in [3.05, 3.63) is 59.2 Å². The average Bonchev–Trinajstić information content (AvgIpc) is 2.79. The molecule has 0 radical (unpaired) electrons. The Labute approximate surface area is 151 Å². The Morgan fingerprint density at radius 1 is 1.19 bits per heavy atom. The summed E-state index contributed by atoms with van der Waals surface area (Å²) in [7, 11) is 0. The molecular formula is C18H14F3NO3S. The van der Waals surface area contributed by atoms with Crippen LogP contribution in [-0.2, 0) is 22.3 Å². The van der Waals surface area contributed by atoms with Crippen molar-refractivity contribution in [3.8, 4) is 0 Å². The van der Waals surface area contributed by atoms with Gasteiger partial charge in [-0.05, 0) is 35.9 Å². The highest BCUT2D eigenvalue weighted by Gasteiger charge is 2.30. The van der Waals surface area contributed by atoms with Crippen LogP contribution >= 0.6 is 11.8 Å². The molecule has 26 heavy (non-hydrogen) atoms. The van der Waals surface area contributed by atoms with E-state index in [0.717, 1.165) is 17.0 Å². The van der Waals surface area contributed by atoms with E-state index in [1.54, 1.807) is 12.1 Å². The Morgan fingerprint density at radius 3 is 2.77 bits per heavy atom. The van der Waals surface area contributed by atoms with E-state index in [4.69, 9.17) is 4.74 Å². The summed E-state index contributed by atoms with van der Waals surface area (Å²) in [5, 5.41) is 2.72. The van der Waals surface area contributed by atoms with Gasteiger partial charge in [0.25, 0.3) is 0 Å². The summed E-state index contributed by atoms with van der Waals surface area (Å²) in [4.78, 5) is 24.7. The van der Waals surface area contributed by atoms with Crippen LogP contribution in [-0.4, -0.2) is 17.6 Å². The molecule has 1 aliphatic rings. The van der Waals surface area contributed by atoms with Gasteiger partial charge in [-0.1, -0.05) is 12.1 Å². The first kappa shape index (κ1) is 18.3. The molecule has 1 aliphatic heterocycles. The van der Waals surface area contributed by atoms with Gasteiger partial charge < -0.3 is 10.1 Å². The molecule has 136 valence electrons. The molecule has 0 spiro atoms. The molecule has 0 aliphatic carbocycles. The summed E-state index contributed by atoms with van der Waals surface area (Å²) in [6, 6.07) is 9.42. The number of halogens is 3. The first-order valence-corrected chi connectivity index (χ1v) is 8.71. The molecule has 3 rings (SSSR count). The molecule has 0 unspecified atom stereocenters. The lowest BCUT2D eigenvalue weighted by Gasteiger charge is -2.11. The normalized spacial score (nSPS) is 14.2. The van der Waals surface area contributed by atoms with Crippen LogP contribution in [0.1, 0.15) is 27.9 Å². The third-order valence-electron chi connectivity index (χ3n) is 3.70. The van der Waals surface area contributed by atoms with E-state index >= 15 is 0 Å². The topological polar surface area (TPSA) is 55.4 Å². The minimum atomic E-state index is -4.45. The zero-order chi connectivity index (χ0) is 18.7. The van der Waals surface area contributed by atoms with Crippen LogP contribution in [0.15, 0.2) is 47.4 Å². The van der Waals surface area contributed by atoms with Crippen molar-refractivity contribution in [2.75, 3.05) is 11.1 Å². The molecule has 1 amide bonds. The number of hydrogen-bond acceptors (Lipinski definition) is 4. The quantitative estimate of drug-likeness (QED) is 0.796. The number of hydrogen-bond donors (Lipinski definition) is 1. The molecule has 0 aromatic heterocycles. The van der Waals surface area contributed by atoms with E-state index in [0.29, 0.717) is 17.9 Å². The highest BCUT2D eigenvalue weighted by atomic mass is 32.2. The van der Waals surface area contributed by atoms with Gasteiger partial charge in [-0.15, -0.1) is 11.8 Å². The molecule has 1 N–H and O–H groups in total. The van der Waals surface area contributed by atoms with Crippen LogP contribution < -0.4 is 5.32 Å². The maximum atomic E-state index is 12.7. The van der Waals surface area contributed by atoms with Crippen LogP contribution in [0.4, 0.5) is 18.9 Å². The van der Waals surface area contributed by atoms with Crippen molar-refractivity contribution in [1.29, 1.82) is 0 Å². The number of thioether (sulfide) groups is 1. The second-order valence-corrected chi connectivity index (χ2v) is 6.77. The molecule has 8 heteroatoms. The summed E-state index contributed by atoms with van der Waals surface area (Å²) < 4.78 is 43.2. The smallest absolute Gasteiger partial charge is 0.416 e. The average molecular weight is 381 g/mol. The highest BCUT2D eigenvalue weighted by molar-refractivity contribution is 7.99. The molecule has 0 bridgehead atoms. The van der Waals surface area contributed by atoms with Gasteiger partial charge in [0.2, 0.25) is 5.91 Å². The number of esters is 1. The Balaban J connectivity index is 1.70. The second kappa shape index (κ2) is 7.41. The van der Waals surface area contributed by atoms with E-state index in [-0.39, 0.29) is 23.6 Å². The lowest BCUT2D eigenvalue weighted by molar-refractivity contribution is -0.137. The van der Waals surface area contributed by atoms with Crippen molar-refractivity contribution < 1.29 is 27.5 Å². The number of rotatable bonds is 3. The van der Waals surface area contributed by atoms with Crippen molar-refractivity contribution >= 4 is 29.3 Å². The number of ether oxygens (including phenoxy) is 1. The van der Waals surface area contributed by atoms with E-state index < -0.39 is 17.7 Å². The minimum absolute atomic E-state index is 0.134. The Morgan fingerprint density at radius 2 is 2.00 bits per heavy atom. The van der Waals surface area contributed by atoms with E-state index in [1.165, 1.54) is 30.0 Å². The van der Waals surface area contributed by atoms with E-state index in [1.807, 2.05) is 0 Å². The third kappa shape index (κ3) is 4.37. The van der Waals surface area contributed by atoms with Gasteiger partial charge in [0.15, 0.2) is 0 Å². The van der Waals surface area contributed by atoms with Crippen molar-refractivity contribution in [2.24, 2.45) is 0 Å². The van der Waals surface area contributed by atoms with Crippen molar-refractivity contribution in [3.63, 3.8) is 0 Å². The number of alkyl halides is 3. The summed E-state index contributed by atoms with van der Waals surface area (Å²) in [6.07, 6.45) is -4.07. The molecule has 0 atom stereocenters. The molecule has 0 saturated carbocycles. The van der Waals surface area contributed by atoms with Gasteiger partial charge in [0.05, 0.1) is 16.8 Å². The molecule has 4 nitrogen and oxygen atoms in total. The van der Waals surface area contributed by atoms with Gasteiger partial charge in [-0.2, -0.15) is 13.2 Å². The van der Waals surface area contributed by atoms with Gasteiger partial charge in [-0.25, -0.2) is 4.79 Å². The molecular weight excluding hydrogens is 367 g/mol. The lowest BCUT2D eigenvalue weighted by Crippen LogP contribution is -2.11. The van der Waals surface area contributed by atoms with Gasteiger partial charge in [0, 0.05) is 17.1 Å². The number of carbonyl (C=O) groups excluding carboxylic acids is 2. The number of amides is 1. The maximum Gasteiger partial charge on any atom is 0.416 e. The fourth-order valence-electron chi connectivity index (χ4n) is 2.42. The molecule has 2 aromatic carbocycles. The minimum Gasteiger partial charge on any atom is -0.457 e. The first-order valence-electron chi connectivity index (χ1n) is 7.73. The van der Waals surface area contributed by atoms with Crippen LogP contribution in [0, 0.1) is 0 Å². The predicted molar refractivity (Wildman–Crippen MR) is 91.0 cm³/mol. The van der Waals surface area contributed by atoms with Crippen molar-refractivity contribution in [2.45, 2.75) is 24.1 Å². The van der Waals surface area contributed by atoms with Crippen LogP contribution in [0.3, 0.4) is 0 Å². The SMILES string of the molecule is O=C1CCSc2ccc(C(=O)OCc3cccc(C(F)(F)F)c3)cc2N1. The Bertz CT molecular complexity index is 852. The number of fused-ring (bicyclic) bond motifs is 1. The first-order chi connectivity index (χ1) is 12.3. The number of anilines is 1. The second-order valence-electron chi connectivity index (χ2n) is 5.63. The highest BCUT2D eigenvalue weighted by Crippen LogP contribution is 2.32. The van der Waals surface area contributed by atoms with Crippen LogP contribution in [0.25, 0.3) is 0 Å². The fraction of sp³-hybridized carbons (Fsp3) is 0.222. The summed E-state index contributed by atoms with van der Waals surface area (Å²) in [6.45, 7) is -0.277. The molecule has 1 heterocycles. The van der Waals surface area contributed by atoms with Crippen LogP contribution in [0.2, 0.25) is 0 Å². The summed E-state index contributed by atoms with van der Waals surface area (Å²) in [5.74, 6) is -0.155. The van der Waals surface area contributed by atoms with Crippen LogP contribution in [0.5, 0.6) is 0 Å². The largest absolute Gasteiger partial charge is 0.457 e. The molecule has 0 saturated heterocycles. The number of benzene rings is 2. The van der Waals surface area contributed by atoms with E-state index in [9.17, 15) is 22.8 Å². The lowest BCUT2D eigenvalue weighted by atomic mass is 10.1. The Hall–Kier alpha value is -2.48. The monoisotopic (exact) mass is 381 g/mol. The Kier molecular flexibility index (Phi) is 5.22. The molecule has 2 aromatic rings. The molecule has 0 fully saturated rings. The van der Waals surface area contributed by atoms with E-state index in [2.05, 4.69) is 5.32 Å². The zero-order valence-electron chi connectivity index (χ0n) is 13.4. The number of nitrogens with one attached hydrogen (secondary N) is 1. The zero-order valence-corrected chi connectivity index (χ0v) is 14.2. The van der Waals surface area contributed by atoms with Gasteiger partial charge in [-0.3, -0.25) is 4.79 Å². The number of carbonyl (C=O) groups is 2. The van der Waals surface area contributed by atoms with Gasteiger partial charge >= 0.3 is 12.1 Å². The standard InChI is InChI=1S/C18H14F3NO3S/c19-18(20,21)13-3-1-2-11(8-13)10-25-17(24)12-4-5-15-14(9-12)22-16(23)6-7-26-15/h1-5,8-9H,6-7,10H2,(H,22,23). The third-order valence-corrected chi connectivity index (χ3v) is 4.78. The van der Waals surface area contributed by atoms with Gasteiger partial charge in [0.1, 0.15) is 6.61 Å². The summed E-state index contributed by atoms with van der Waals surface area (Å²) >= 11 is 1.51. The maximum absolute atomic E-state index is 12.7. The van der Waals surface area contributed by atoms with Crippen molar-refractivity contribution in [1.82, 2.24) is 0 Å². The fourth-order valence-corrected chi connectivity index (χ4v) is 3.35.